The Bertz CT molecular complexity index is 336. The maximum absolute atomic E-state index is 9.02. The van der Waals surface area contributed by atoms with Crippen LogP contribution in [0, 0.1) is 13.8 Å². The van der Waals surface area contributed by atoms with E-state index in [1.165, 1.54) is 5.54 Å². The minimum absolute atomic E-state index is 0.0591. The summed E-state index contributed by atoms with van der Waals surface area (Å²) in [5.74, 6) is 0.863. The minimum atomic E-state index is 0.0591. The quantitative estimate of drug-likeness (QED) is 0.856. The fraction of sp³-hybridized carbons (Fsp3) is 0.333. The third kappa shape index (κ3) is 3.26. The lowest BCUT2D eigenvalue weighted by Crippen LogP contribution is -1.99. The maximum Gasteiger partial charge on any atom is 0.125 e. The number of aliphatic hydroxyl groups excluding tert-OH is 1. The molecule has 0 aliphatic rings. The molecule has 3 heteroatoms. The van der Waals surface area contributed by atoms with Crippen molar-refractivity contribution in [2.24, 2.45) is 0 Å². The van der Waals surface area contributed by atoms with Gasteiger partial charge in [0.2, 0.25) is 0 Å². The van der Waals surface area contributed by atoms with Gasteiger partial charge in [-0.2, -0.15) is 0 Å². The highest BCUT2D eigenvalue weighted by atomic mass is 35.5. The molecule has 0 spiro atoms. The molecular formula is C12H15ClO2. The largest absolute Gasteiger partial charge is 0.489 e. The van der Waals surface area contributed by atoms with Gasteiger partial charge in [0.15, 0.2) is 0 Å². The minimum Gasteiger partial charge on any atom is -0.489 e. The highest BCUT2D eigenvalue weighted by molar-refractivity contribution is 6.25. The zero-order chi connectivity index (χ0) is 11.3. The van der Waals surface area contributed by atoms with Crippen molar-refractivity contribution in [3.63, 3.8) is 0 Å². The average Bonchev–Trinajstić information content (AvgIpc) is 2.22. The van der Waals surface area contributed by atoms with Crippen LogP contribution in [0.1, 0.15) is 16.7 Å². The van der Waals surface area contributed by atoms with E-state index in [1.807, 2.05) is 26.0 Å². The van der Waals surface area contributed by atoms with Crippen LogP contribution in [0.25, 0.3) is 0 Å². The smallest absolute Gasteiger partial charge is 0.125 e. The van der Waals surface area contributed by atoms with E-state index in [4.69, 9.17) is 21.4 Å². The predicted molar refractivity (Wildman–Crippen MR) is 62.3 cm³/mol. The fourth-order valence-electron chi connectivity index (χ4n) is 1.53. The molecule has 1 aromatic rings. The van der Waals surface area contributed by atoms with Gasteiger partial charge in [-0.3, -0.25) is 0 Å². The summed E-state index contributed by atoms with van der Waals surface area (Å²) in [7, 11) is 0. The Kier molecular flexibility index (Phi) is 4.66. The molecule has 1 N–H and O–H groups in total. The summed E-state index contributed by atoms with van der Waals surface area (Å²) in [5.41, 5.74) is 4.40. The lowest BCUT2D eigenvalue weighted by atomic mass is 10.1. The normalized spacial score (nSPS) is 10.9. The van der Waals surface area contributed by atoms with Crippen LogP contribution in [0.2, 0.25) is 0 Å². The number of ether oxygens (including phenoxy) is 1. The van der Waals surface area contributed by atoms with Crippen molar-refractivity contribution >= 4 is 11.6 Å². The van der Waals surface area contributed by atoms with Gasteiger partial charge in [-0.25, -0.2) is 0 Å². The molecule has 2 nitrogen and oxygen atoms in total. The van der Waals surface area contributed by atoms with E-state index in [2.05, 4.69) is 0 Å². The standard InChI is InChI=1S/C12H15ClO2/c1-9-6-11(8-14)7-10(2)12(9)15-5-3-4-13/h3-4,6-7,14H,5,8H2,1-2H3/b4-3+. The van der Waals surface area contributed by atoms with E-state index in [0.29, 0.717) is 6.61 Å². The molecule has 0 bridgehead atoms. The number of hydrogen-bond donors (Lipinski definition) is 1. The van der Waals surface area contributed by atoms with Gasteiger partial charge in [0.05, 0.1) is 6.61 Å². The van der Waals surface area contributed by atoms with Gasteiger partial charge in [-0.1, -0.05) is 23.7 Å². The van der Waals surface area contributed by atoms with Crippen molar-refractivity contribution < 1.29 is 9.84 Å². The summed E-state index contributed by atoms with van der Waals surface area (Å²) in [5, 5.41) is 9.02. The summed E-state index contributed by atoms with van der Waals surface area (Å²) in [6.07, 6.45) is 1.74. The van der Waals surface area contributed by atoms with Crippen LogP contribution in [-0.4, -0.2) is 11.7 Å². The Labute approximate surface area is 95.1 Å². The van der Waals surface area contributed by atoms with Crippen molar-refractivity contribution in [3.8, 4) is 5.75 Å². The maximum atomic E-state index is 9.02. The summed E-state index contributed by atoms with van der Waals surface area (Å²) in [6.45, 7) is 4.45. The van der Waals surface area contributed by atoms with Crippen LogP contribution in [-0.2, 0) is 6.61 Å². The molecule has 0 saturated heterocycles. The second kappa shape index (κ2) is 5.79. The van der Waals surface area contributed by atoms with Crippen LogP contribution >= 0.6 is 11.6 Å². The Morgan fingerprint density at radius 3 is 2.40 bits per heavy atom. The molecule has 1 aromatic carbocycles. The molecule has 0 aliphatic heterocycles. The van der Waals surface area contributed by atoms with E-state index in [1.54, 1.807) is 6.08 Å². The lowest BCUT2D eigenvalue weighted by molar-refractivity contribution is 0.281. The summed E-state index contributed by atoms with van der Waals surface area (Å²) in [4.78, 5) is 0. The van der Waals surface area contributed by atoms with E-state index >= 15 is 0 Å². The van der Waals surface area contributed by atoms with Crippen molar-refractivity contribution in [3.05, 3.63) is 40.4 Å². The topological polar surface area (TPSA) is 29.5 Å². The monoisotopic (exact) mass is 226 g/mol. The number of hydrogen-bond acceptors (Lipinski definition) is 2. The summed E-state index contributed by atoms with van der Waals surface area (Å²) >= 11 is 5.40. The molecule has 0 radical (unpaired) electrons. The SMILES string of the molecule is Cc1cc(CO)cc(C)c1OC/C=C/Cl. The predicted octanol–water partition coefficient (Wildman–Crippen LogP) is 2.93. The van der Waals surface area contributed by atoms with Gasteiger partial charge in [-0.05, 0) is 36.6 Å². The third-order valence-electron chi connectivity index (χ3n) is 2.12. The molecule has 1 rings (SSSR count). The van der Waals surface area contributed by atoms with E-state index in [0.717, 1.165) is 22.4 Å². The second-order valence-electron chi connectivity index (χ2n) is 3.39. The molecule has 0 unspecified atom stereocenters. The Morgan fingerprint density at radius 2 is 1.93 bits per heavy atom. The van der Waals surface area contributed by atoms with Gasteiger partial charge in [0.25, 0.3) is 0 Å². The molecule has 0 heterocycles. The molecule has 0 atom stereocenters. The molecule has 0 aromatic heterocycles. The third-order valence-corrected chi connectivity index (χ3v) is 2.29. The van der Waals surface area contributed by atoms with Gasteiger partial charge in [0.1, 0.15) is 12.4 Å². The van der Waals surface area contributed by atoms with Crippen molar-refractivity contribution in [1.29, 1.82) is 0 Å². The summed E-state index contributed by atoms with van der Waals surface area (Å²) < 4.78 is 5.55. The van der Waals surface area contributed by atoms with Gasteiger partial charge in [0, 0.05) is 5.54 Å². The Hall–Kier alpha value is -0.990. The van der Waals surface area contributed by atoms with Gasteiger partial charge >= 0.3 is 0 Å². The molecule has 0 saturated carbocycles. The van der Waals surface area contributed by atoms with Gasteiger partial charge in [-0.15, -0.1) is 0 Å². The van der Waals surface area contributed by atoms with Crippen LogP contribution in [0.3, 0.4) is 0 Å². The number of rotatable bonds is 4. The number of aryl methyl sites for hydroxylation is 2. The van der Waals surface area contributed by atoms with Crippen molar-refractivity contribution in [2.45, 2.75) is 20.5 Å². The van der Waals surface area contributed by atoms with E-state index < -0.39 is 0 Å². The first-order valence-electron chi connectivity index (χ1n) is 4.78. The first-order chi connectivity index (χ1) is 7.19. The van der Waals surface area contributed by atoms with E-state index in [-0.39, 0.29) is 6.61 Å². The first-order valence-corrected chi connectivity index (χ1v) is 5.21. The molecular weight excluding hydrogens is 212 g/mol. The first kappa shape index (κ1) is 12.1. The Balaban J connectivity index is 2.88. The summed E-state index contributed by atoms with van der Waals surface area (Å²) in [6, 6.07) is 3.85. The second-order valence-corrected chi connectivity index (χ2v) is 3.64. The van der Waals surface area contributed by atoms with Crippen LogP contribution in [0.4, 0.5) is 0 Å². The lowest BCUT2D eigenvalue weighted by Gasteiger charge is -2.12. The molecule has 82 valence electrons. The van der Waals surface area contributed by atoms with Crippen molar-refractivity contribution in [1.82, 2.24) is 0 Å². The molecule has 15 heavy (non-hydrogen) atoms. The van der Waals surface area contributed by atoms with Crippen LogP contribution in [0.5, 0.6) is 5.75 Å². The van der Waals surface area contributed by atoms with E-state index in [9.17, 15) is 0 Å². The highest BCUT2D eigenvalue weighted by Gasteiger charge is 2.05. The molecule has 0 amide bonds. The number of aliphatic hydroxyl groups is 1. The van der Waals surface area contributed by atoms with Crippen molar-refractivity contribution in [2.75, 3.05) is 6.61 Å². The number of halogens is 1. The van der Waals surface area contributed by atoms with Crippen LogP contribution < -0.4 is 4.74 Å². The van der Waals surface area contributed by atoms with Gasteiger partial charge < -0.3 is 9.84 Å². The zero-order valence-corrected chi connectivity index (χ0v) is 9.71. The zero-order valence-electron chi connectivity index (χ0n) is 8.96. The molecule has 0 fully saturated rings. The van der Waals surface area contributed by atoms with Crippen LogP contribution in [0.15, 0.2) is 23.7 Å². The average molecular weight is 227 g/mol. The fourth-order valence-corrected chi connectivity index (χ4v) is 1.60. The molecule has 0 aliphatic carbocycles. The highest BCUT2D eigenvalue weighted by Crippen LogP contribution is 2.24. The Morgan fingerprint density at radius 1 is 1.33 bits per heavy atom. The number of benzene rings is 1.